The lowest BCUT2D eigenvalue weighted by atomic mass is 10.2. The second-order valence-electron chi connectivity index (χ2n) is 5.28. The van der Waals surface area contributed by atoms with Crippen LogP contribution in [-0.2, 0) is 4.79 Å². The molecule has 0 radical (unpaired) electrons. The van der Waals surface area contributed by atoms with Gasteiger partial charge in [0, 0.05) is 26.2 Å². The molecule has 1 aromatic rings. The summed E-state index contributed by atoms with van der Waals surface area (Å²) in [7, 11) is 0. The Bertz CT molecular complexity index is 619. The van der Waals surface area contributed by atoms with Crippen molar-refractivity contribution < 1.29 is 9.18 Å². The zero-order valence-electron chi connectivity index (χ0n) is 12.5. The molecule has 2 aliphatic heterocycles. The Kier molecular flexibility index (Phi) is 4.59. The van der Waals surface area contributed by atoms with Crippen LogP contribution in [0.2, 0.25) is 0 Å². The molecule has 0 aliphatic carbocycles. The van der Waals surface area contributed by atoms with Gasteiger partial charge in [-0.05, 0) is 42.1 Å². The number of aliphatic imine (C=N–C) groups is 1. The number of carbonyl (C=O) groups is 1. The minimum Gasteiger partial charge on any atom is -0.348 e. The third-order valence-electron chi connectivity index (χ3n) is 3.87. The summed E-state index contributed by atoms with van der Waals surface area (Å²) in [6.07, 6.45) is 1.77. The van der Waals surface area contributed by atoms with Crippen LogP contribution in [0.25, 0.3) is 6.08 Å². The number of piperazine rings is 1. The van der Waals surface area contributed by atoms with Crippen molar-refractivity contribution in [2.75, 3.05) is 32.7 Å². The fraction of sp³-hybridized carbons (Fsp3) is 0.375. The SMILES string of the molecule is CCN1CCN(C2=NC(=O)/C(=C/c3ccc(F)cc3)S2)CC1. The summed E-state index contributed by atoms with van der Waals surface area (Å²) < 4.78 is 12.9. The number of halogens is 1. The minimum absolute atomic E-state index is 0.206. The van der Waals surface area contributed by atoms with Crippen LogP contribution in [0.3, 0.4) is 0 Å². The Labute approximate surface area is 133 Å². The minimum atomic E-state index is -0.279. The van der Waals surface area contributed by atoms with Crippen molar-refractivity contribution in [1.29, 1.82) is 0 Å². The molecule has 6 heteroatoms. The molecule has 1 saturated heterocycles. The zero-order valence-corrected chi connectivity index (χ0v) is 13.3. The van der Waals surface area contributed by atoms with Gasteiger partial charge in [0.25, 0.3) is 5.91 Å². The maximum Gasteiger partial charge on any atom is 0.286 e. The van der Waals surface area contributed by atoms with Crippen LogP contribution in [0.1, 0.15) is 12.5 Å². The monoisotopic (exact) mass is 319 g/mol. The number of hydrogen-bond donors (Lipinski definition) is 0. The molecule has 22 heavy (non-hydrogen) atoms. The molecule has 0 N–H and O–H groups in total. The number of amidine groups is 1. The van der Waals surface area contributed by atoms with E-state index in [1.807, 2.05) is 0 Å². The molecule has 0 unspecified atom stereocenters. The molecule has 2 aliphatic rings. The van der Waals surface area contributed by atoms with Crippen molar-refractivity contribution in [1.82, 2.24) is 9.80 Å². The Balaban J connectivity index is 1.67. The van der Waals surface area contributed by atoms with Crippen molar-refractivity contribution in [2.24, 2.45) is 4.99 Å². The lowest BCUT2D eigenvalue weighted by Gasteiger charge is -2.34. The Morgan fingerprint density at radius 2 is 1.91 bits per heavy atom. The number of likely N-dealkylation sites (N-methyl/N-ethyl adjacent to an activating group) is 1. The molecule has 3 rings (SSSR count). The van der Waals surface area contributed by atoms with Crippen LogP contribution in [-0.4, -0.2) is 53.6 Å². The molecule has 0 aromatic heterocycles. The first-order valence-electron chi connectivity index (χ1n) is 7.41. The van der Waals surface area contributed by atoms with Crippen molar-refractivity contribution in [3.05, 3.63) is 40.6 Å². The van der Waals surface area contributed by atoms with Gasteiger partial charge in [-0.2, -0.15) is 4.99 Å². The molecule has 0 spiro atoms. The van der Waals surface area contributed by atoms with Gasteiger partial charge in [-0.25, -0.2) is 4.39 Å². The van der Waals surface area contributed by atoms with Gasteiger partial charge in [-0.15, -0.1) is 0 Å². The van der Waals surface area contributed by atoms with Crippen LogP contribution >= 0.6 is 11.8 Å². The second kappa shape index (κ2) is 6.62. The number of thioether (sulfide) groups is 1. The average molecular weight is 319 g/mol. The lowest BCUT2D eigenvalue weighted by Crippen LogP contribution is -2.47. The Hall–Kier alpha value is -1.66. The van der Waals surface area contributed by atoms with Gasteiger partial charge in [0.15, 0.2) is 5.17 Å². The smallest absolute Gasteiger partial charge is 0.286 e. The van der Waals surface area contributed by atoms with Crippen molar-refractivity contribution in [2.45, 2.75) is 6.92 Å². The van der Waals surface area contributed by atoms with Crippen LogP contribution < -0.4 is 0 Å². The van der Waals surface area contributed by atoms with E-state index in [1.54, 1.807) is 18.2 Å². The fourth-order valence-electron chi connectivity index (χ4n) is 2.50. The third kappa shape index (κ3) is 3.39. The number of rotatable bonds is 2. The van der Waals surface area contributed by atoms with E-state index in [2.05, 4.69) is 21.7 Å². The molecule has 1 fully saturated rings. The quantitative estimate of drug-likeness (QED) is 0.785. The molecule has 0 bridgehead atoms. The van der Waals surface area contributed by atoms with Gasteiger partial charge in [-0.3, -0.25) is 4.79 Å². The number of hydrogen-bond acceptors (Lipinski definition) is 4. The first-order valence-corrected chi connectivity index (χ1v) is 8.23. The first-order chi connectivity index (χ1) is 10.7. The molecule has 0 atom stereocenters. The molecule has 116 valence electrons. The largest absolute Gasteiger partial charge is 0.348 e. The Morgan fingerprint density at radius 3 is 2.55 bits per heavy atom. The van der Waals surface area contributed by atoms with E-state index in [9.17, 15) is 9.18 Å². The van der Waals surface area contributed by atoms with Crippen LogP contribution in [0.4, 0.5) is 4.39 Å². The highest BCUT2D eigenvalue weighted by Crippen LogP contribution is 2.30. The van der Waals surface area contributed by atoms with Crippen molar-refractivity contribution in [3.63, 3.8) is 0 Å². The topological polar surface area (TPSA) is 35.9 Å². The molecule has 0 saturated carbocycles. The van der Waals surface area contributed by atoms with E-state index in [0.717, 1.165) is 43.5 Å². The summed E-state index contributed by atoms with van der Waals surface area (Å²) in [5.74, 6) is -0.486. The summed E-state index contributed by atoms with van der Waals surface area (Å²) >= 11 is 1.41. The summed E-state index contributed by atoms with van der Waals surface area (Å²) in [6.45, 7) is 7.02. The van der Waals surface area contributed by atoms with E-state index < -0.39 is 0 Å². The fourth-order valence-corrected chi connectivity index (χ4v) is 3.46. The molecule has 4 nitrogen and oxygen atoms in total. The maximum absolute atomic E-state index is 12.9. The third-order valence-corrected chi connectivity index (χ3v) is 4.91. The molecular weight excluding hydrogens is 301 g/mol. The van der Waals surface area contributed by atoms with Gasteiger partial charge in [-0.1, -0.05) is 19.1 Å². The summed E-state index contributed by atoms with van der Waals surface area (Å²) in [5.41, 5.74) is 0.810. The number of nitrogens with zero attached hydrogens (tertiary/aromatic N) is 3. The highest BCUT2D eigenvalue weighted by atomic mass is 32.2. The van der Waals surface area contributed by atoms with E-state index in [4.69, 9.17) is 0 Å². The van der Waals surface area contributed by atoms with E-state index in [0.29, 0.717) is 4.91 Å². The van der Waals surface area contributed by atoms with E-state index >= 15 is 0 Å². The normalized spacial score (nSPS) is 21.5. The number of amides is 1. The standard InChI is InChI=1S/C16H18FN3OS/c1-2-19-7-9-20(10-8-19)16-18-15(21)14(22-16)11-12-3-5-13(17)6-4-12/h3-6,11H,2,7-10H2,1H3/b14-11-. The maximum atomic E-state index is 12.9. The van der Waals surface area contributed by atoms with Gasteiger partial charge in [0.2, 0.25) is 0 Å². The summed E-state index contributed by atoms with van der Waals surface area (Å²) in [6, 6.07) is 6.10. The van der Waals surface area contributed by atoms with Gasteiger partial charge in [0.1, 0.15) is 5.82 Å². The van der Waals surface area contributed by atoms with E-state index in [1.165, 1.54) is 23.9 Å². The van der Waals surface area contributed by atoms with Crippen molar-refractivity contribution in [3.8, 4) is 0 Å². The first kappa shape index (κ1) is 15.2. The van der Waals surface area contributed by atoms with Crippen LogP contribution in [0.15, 0.2) is 34.2 Å². The molecule has 2 heterocycles. The zero-order chi connectivity index (χ0) is 15.5. The highest BCUT2D eigenvalue weighted by Gasteiger charge is 2.28. The van der Waals surface area contributed by atoms with Gasteiger partial charge >= 0.3 is 0 Å². The van der Waals surface area contributed by atoms with Crippen LogP contribution in [0, 0.1) is 5.82 Å². The van der Waals surface area contributed by atoms with Gasteiger partial charge < -0.3 is 9.80 Å². The lowest BCUT2D eigenvalue weighted by molar-refractivity contribution is -0.113. The van der Waals surface area contributed by atoms with Crippen molar-refractivity contribution >= 4 is 28.9 Å². The van der Waals surface area contributed by atoms with Gasteiger partial charge in [0.05, 0.1) is 4.91 Å². The summed E-state index contributed by atoms with van der Waals surface area (Å²) in [4.78, 5) is 21.3. The average Bonchev–Trinajstić information content (AvgIpc) is 2.91. The molecule has 1 amide bonds. The van der Waals surface area contributed by atoms with E-state index in [-0.39, 0.29) is 11.7 Å². The Morgan fingerprint density at radius 1 is 1.23 bits per heavy atom. The number of carbonyl (C=O) groups excluding carboxylic acids is 1. The summed E-state index contributed by atoms with van der Waals surface area (Å²) in [5, 5.41) is 0.786. The predicted octanol–water partition coefficient (Wildman–Crippen LogP) is 2.43. The number of benzene rings is 1. The highest BCUT2D eigenvalue weighted by molar-refractivity contribution is 8.18. The van der Waals surface area contributed by atoms with Crippen LogP contribution in [0.5, 0.6) is 0 Å². The molecule has 1 aromatic carbocycles. The predicted molar refractivity (Wildman–Crippen MR) is 88.1 cm³/mol. The second-order valence-corrected chi connectivity index (χ2v) is 6.29. The molecular formula is C16H18FN3OS.